The van der Waals surface area contributed by atoms with Gasteiger partial charge < -0.3 is 4.42 Å². The van der Waals surface area contributed by atoms with Crippen molar-refractivity contribution in [3.63, 3.8) is 0 Å². The minimum absolute atomic E-state index is 0.847. The number of hydrogen-bond acceptors (Lipinski definition) is 2. The van der Waals surface area contributed by atoms with Crippen molar-refractivity contribution in [1.29, 1.82) is 0 Å². The third-order valence-corrected chi connectivity index (χ3v) is 2.74. The molecule has 0 aliphatic rings. The summed E-state index contributed by atoms with van der Waals surface area (Å²) in [5.41, 5.74) is 4.01. The highest BCUT2D eigenvalue weighted by molar-refractivity contribution is 5.28. The summed E-state index contributed by atoms with van der Waals surface area (Å²) < 4.78 is 5.35. The molecule has 2 aromatic rings. The van der Waals surface area contributed by atoms with Crippen molar-refractivity contribution in [2.75, 3.05) is 7.05 Å². The van der Waals surface area contributed by atoms with Crippen LogP contribution in [0, 0.1) is 13.8 Å². The van der Waals surface area contributed by atoms with Gasteiger partial charge in [-0.05, 0) is 38.6 Å². The summed E-state index contributed by atoms with van der Waals surface area (Å²) in [6, 6.07) is 10.6. The molecule has 0 N–H and O–H groups in total. The second kappa shape index (κ2) is 5.19. The Kier molecular flexibility index (Phi) is 3.64. The standard InChI is InChI=1S/C15H19NO/c1-12-7-13(2)9-14(8-12)10-16(3)11-15-5-4-6-17-15/h4-9H,10-11H2,1-3H3. The number of aryl methyl sites for hydroxylation is 2. The quantitative estimate of drug-likeness (QED) is 0.797. The fraction of sp³-hybridized carbons (Fsp3) is 0.333. The largest absolute Gasteiger partial charge is 0.468 e. The fourth-order valence-corrected chi connectivity index (χ4v) is 2.20. The lowest BCUT2D eigenvalue weighted by Gasteiger charge is -2.16. The average molecular weight is 229 g/mol. The Morgan fingerprint density at radius 3 is 2.35 bits per heavy atom. The Balaban J connectivity index is 2.00. The van der Waals surface area contributed by atoms with Crippen LogP contribution in [0.4, 0.5) is 0 Å². The lowest BCUT2D eigenvalue weighted by atomic mass is 10.1. The molecule has 0 unspecified atom stereocenters. The van der Waals surface area contributed by atoms with Gasteiger partial charge in [-0.3, -0.25) is 4.90 Å². The topological polar surface area (TPSA) is 16.4 Å². The monoisotopic (exact) mass is 229 g/mol. The Morgan fingerprint density at radius 1 is 1.06 bits per heavy atom. The molecule has 1 aromatic carbocycles. The minimum atomic E-state index is 0.847. The molecule has 0 aliphatic carbocycles. The minimum Gasteiger partial charge on any atom is -0.468 e. The van der Waals surface area contributed by atoms with Crippen LogP contribution in [0.2, 0.25) is 0 Å². The number of benzene rings is 1. The van der Waals surface area contributed by atoms with Crippen LogP contribution in [-0.2, 0) is 13.1 Å². The smallest absolute Gasteiger partial charge is 0.117 e. The van der Waals surface area contributed by atoms with Crippen molar-refractivity contribution in [2.45, 2.75) is 26.9 Å². The third-order valence-electron chi connectivity index (χ3n) is 2.74. The molecule has 0 bridgehead atoms. The molecular weight excluding hydrogens is 210 g/mol. The highest BCUT2D eigenvalue weighted by Crippen LogP contribution is 2.12. The molecule has 1 aromatic heterocycles. The molecule has 0 atom stereocenters. The summed E-state index contributed by atoms with van der Waals surface area (Å²) in [6.07, 6.45) is 1.72. The maximum absolute atomic E-state index is 5.35. The first-order valence-corrected chi connectivity index (χ1v) is 5.91. The fourth-order valence-electron chi connectivity index (χ4n) is 2.20. The number of rotatable bonds is 4. The van der Waals surface area contributed by atoms with Gasteiger partial charge in [-0.15, -0.1) is 0 Å². The average Bonchev–Trinajstić information content (AvgIpc) is 2.67. The molecule has 0 saturated carbocycles. The van der Waals surface area contributed by atoms with E-state index < -0.39 is 0 Å². The van der Waals surface area contributed by atoms with Gasteiger partial charge in [0.25, 0.3) is 0 Å². The van der Waals surface area contributed by atoms with Crippen molar-refractivity contribution in [3.05, 3.63) is 59.0 Å². The van der Waals surface area contributed by atoms with Crippen LogP contribution in [0.3, 0.4) is 0 Å². The van der Waals surface area contributed by atoms with Gasteiger partial charge in [-0.25, -0.2) is 0 Å². The number of hydrogen-bond donors (Lipinski definition) is 0. The van der Waals surface area contributed by atoms with E-state index in [1.165, 1.54) is 16.7 Å². The van der Waals surface area contributed by atoms with Gasteiger partial charge in [-0.2, -0.15) is 0 Å². The van der Waals surface area contributed by atoms with E-state index >= 15 is 0 Å². The molecule has 0 saturated heterocycles. The van der Waals surface area contributed by atoms with Gasteiger partial charge in [0.1, 0.15) is 5.76 Å². The van der Waals surface area contributed by atoms with Gasteiger partial charge in [-0.1, -0.05) is 29.3 Å². The van der Waals surface area contributed by atoms with Gasteiger partial charge in [0.15, 0.2) is 0 Å². The molecule has 1 heterocycles. The molecule has 0 amide bonds. The normalized spacial score (nSPS) is 11.1. The third kappa shape index (κ3) is 3.46. The summed E-state index contributed by atoms with van der Waals surface area (Å²) in [5.74, 6) is 1.01. The van der Waals surface area contributed by atoms with E-state index in [1.54, 1.807) is 6.26 Å². The molecule has 90 valence electrons. The molecule has 0 spiro atoms. The molecule has 2 nitrogen and oxygen atoms in total. The first-order valence-electron chi connectivity index (χ1n) is 5.91. The van der Waals surface area contributed by atoms with E-state index in [0.717, 1.165) is 18.8 Å². The SMILES string of the molecule is Cc1cc(C)cc(CN(C)Cc2ccco2)c1. The molecule has 2 rings (SSSR count). The second-order valence-electron chi connectivity index (χ2n) is 4.75. The van der Waals surface area contributed by atoms with E-state index in [1.807, 2.05) is 12.1 Å². The van der Waals surface area contributed by atoms with Crippen LogP contribution in [-0.4, -0.2) is 11.9 Å². The Labute approximate surface area is 103 Å². The van der Waals surface area contributed by atoms with Crippen LogP contribution >= 0.6 is 0 Å². The Hall–Kier alpha value is -1.54. The predicted molar refractivity (Wildman–Crippen MR) is 69.8 cm³/mol. The highest BCUT2D eigenvalue weighted by atomic mass is 16.3. The summed E-state index contributed by atoms with van der Waals surface area (Å²) in [6.45, 7) is 6.08. The maximum atomic E-state index is 5.35. The lowest BCUT2D eigenvalue weighted by molar-refractivity contribution is 0.288. The van der Waals surface area contributed by atoms with Crippen LogP contribution in [0.1, 0.15) is 22.5 Å². The number of nitrogens with zero attached hydrogens (tertiary/aromatic N) is 1. The Morgan fingerprint density at radius 2 is 1.76 bits per heavy atom. The van der Waals surface area contributed by atoms with Crippen molar-refractivity contribution in [2.24, 2.45) is 0 Å². The predicted octanol–water partition coefficient (Wildman–Crippen LogP) is 3.53. The van der Waals surface area contributed by atoms with E-state index in [2.05, 4.69) is 44.0 Å². The van der Waals surface area contributed by atoms with Crippen LogP contribution in [0.5, 0.6) is 0 Å². The first-order chi connectivity index (χ1) is 8.13. The van der Waals surface area contributed by atoms with E-state index in [0.29, 0.717) is 0 Å². The zero-order valence-corrected chi connectivity index (χ0v) is 10.7. The Bertz CT molecular complexity index is 453. The first kappa shape index (κ1) is 11.9. The zero-order valence-electron chi connectivity index (χ0n) is 10.7. The van der Waals surface area contributed by atoms with Crippen LogP contribution in [0.15, 0.2) is 41.0 Å². The molecule has 0 radical (unpaired) electrons. The summed E-state index contributed by atoms with van der Waals surface area (Å²) in [4.78, 5) is 2.26. The zero-order chi connectivity index (χ0) is 12.3. The molecule has 0 fully saturated rings. The summed E-state index contributed by atoms with van der Waals surface area (Å²) in [7, 11) is 2.11. The summed E-state index contributed by atoms with van der Waals surface area (Å²) >= 11 is 0. The van der Waals surface area contributed by atoms with E-state index in [9.17, 15) is 0 Å². The van der Waals surface area contributed by atoms with Crippen molar-refractivity contribution < 1.29 is 4.42 Å². The van der Waals surface area contributed by atoms with Gasteiger partial charge in [0.05, 0.1) is 12.8 Å². The maximum Gasteiger partial charge on any atom is 0.117 e. The second-order valence-corrected chi connectivity index (χ2v) is 4.75. The van der Waals surface area contributed by atoms with Crippen LogP contribution in [0.25, 0.3) is 0 Å². The molecule has 17 heavy (non-hydrogen) atoms. The van der Waals surface area contributed by atoms with Gasteiger partial charge in [0.2, 0.25) is 0 Å². The van der Waals surface area contributed by atoms with E-state index in [4.69, 9.17) is 4.42 Å². The highest BCUT2D eigenvalue weighted by Gasteiger charge is 2.04. The van der Waals surface area contributed by atoms with Crippen molar-refractivity contribution >= 4 is 0 Å². The van der Waals surface area contributed by atoms with Gasteiger partial charge >= 0.3 is 0 Å². The van der Waals surface area contributed by atoms with Gasteiger partial charge in [0, 0.05) is 6.54 Å². The molecule has 0 aliphatic heterocycles. The van der Waals surface area contributed by atoms with Crippen LogP contribution < -0.4 is 0 Å². The van der Waals surface area contributed by atoms with Crippen molar-refractivity contribution in [3.8, 4) is 0 Å². The molecule has 2 heteroatoms. The molecular formula is C15H19NO. The van der Waals surface area contributed by atoms with E-state index in [-0.39, 0.29) is 0 Å². The van der Waals surface area contributed by atoms with Crippen molar-refractivity contribution in [1.82, 2.24) is 4.90 Å². The number of furan rings is 1. The summed E-state index contributed by atoms with van der Waals surface area (Å²) in [5, 5.41) is 0. The lowest BCUT2D eigenvalue weighted by Crippen LogP contribution is -2.16.